The topological polar surface area (TPSA) is 225 Å². The van der Waals surface area contributed by atoms with Gasteiger partial charge in [0.05, 0.1) is 12.5 Å². The minimum absolute atomic E-state index is 0.0599. The van der Waals surface area contributed by atoms with Gasteiger partial charge >= 0.3 is 17.9 Å². The lowest BCUT2D eigenvalue weighted by Gasteiger charge is -2.24. The minimum atomic E-state index is -1.67. The molecule has 0 saturated carbocycles. The fraction of sp³-hybridized carbons (Fsp3) is 0.667. The Bertz CT molecular complexity index is 717. The van der Waals surface area contributed by atoms with Gasteiger partial charge in [0.1, 0.15) is 18.1 Å². The maximum absolute atomic E-state index is 12.6. The van der Waals surface area contributed by atoms with Crippen LogP contribution in [0.4, 0.5) is 0 Å². The van der Waals surface area contributed by atoms with Gasteiger partial charge in [0.15, 0.2) is 0 Å². The van der Waals surface area contributed by atoms with Crippen LogP contribution >= 0.6 is 12.6 Å². The molecule has 0 spiro atoms. The summed E-state index contributed by atoms with van der Waals surface area (Å²) in [4.78, 5) is 70.5. The largest absolute Gasteiger partial charge is 0.481 e. The molecule has 4 atom stereocenters. The minimum Gasteiger partial charge on any atom is -0.481 e. The van der Waals surface area contributed by atoms with Gasteiger partial charge in [-0.05, 0) is 18.8 Å². The van der Waals surface area contributed by atoms with Crippen molar-refractivity contribution < 1.29 is 44.1 Å². The lowest BCUT2D eigenvalue weighted by molar-refractivity contribution is -0.144. The number of nitrogens with two attached hydrogens (primary N) is 1. The molecule has 0 heterocycles. The van der Waals surface area contributed by atoms with E-state index in [9.17, 15) is 33.9 Å². The fourth-order valence-electron chi connectivity index (χ4n) is 2.52. The number of nitrogens with one attached hydrogen (secondary N) is 3. The average molecular weight is 479 g/mol. The molecule has 0 saturated heterocycles. The van der Waals surface area contributed by atoms with Gasteiger partial charge < -0.3 is 37.0 Å². The number of aliphatic carboxylic acids is 3. The Morgan fingerprint density at radius 3 is 1.75 bits per heavy atom. The van der Waals surface area contributed by atoms with E-state index in [2.05, 4.69) is 28.6 Å². The molecule has 14 heteroatoms. The molecule has 3 amide bonds. The molecule has 13 nitrogen and oxygen atoms in total. The highest BCUT2D eigenvalue weighted by Gasteiger charge is 2.31. The van der Waals surface area contributed by atoms with Gasteiger partial charge in [0, 0.05) is 12.2 Å². The summed E-state index contributed by atoms with van der Waals surface area (Å²) in [7, 11) is 0. The average Bonchev–Trinajstić information content (AvgIpc) is 2.67. The lowest BCUT2D eigenvalue weighted by atomic mass is 10.0. The van der Waals surface area contributed by atoms with Crippen molar-refractivity contribution in [2.24, 2.45) is 11.7 Å². The highest BCUT2D eigenvalue weighted by atomic mass is 32.1. The second-order valence-electron chi connectivity index (χ2n) is 7.47. The predicted molar refractivity (Wildman–Crippen MR) is 114 cm³/mol. The SMILES string of the molecule is CC(C)CC(NC(=O)C(CC(=O)O)NC(=O)C(CCC(=O)O)NC(=O)C(N)CS)C(=O)O. The Morgan fingerprint density at radius 1 is 0.812 bits per heavy atom. The number of carboxylic acids is 3. The van der Waals surface area contributed by atoms with E-state index in [1.54, 1.807) is 13.8 Å². The molecule has 0 aliphatic carbocycles. The summed E-state index contributed by atoms with van der Waals surface area (Å²) in [6.45, 7) is 3.45. The molecule has 0 bridgehead atoms. The van der Waals surface area contributed by atoms with E-state index in [0.717, 1.165) is 0 Å². The zero-order chi connectivity index (χ0) is 25.0. The summed E-state index contributed by atoms with van der Waals surface area (Å²) < 4.78 is 0. The number of thiol groups is 1. The third-order valence-electron chi connectivity index (χ3n) is 4.15. The van der Waals surface area contributed by atoms with Gasteiger partial charge in [-0.25, -0.2) is 4.79 Å². The Hall–Kier alpha value is -2.87. The summed E-state index contributed by atoms with van der Waals surface area (Å²) in [6, 6.07) is -5.51. The van der Waals surface area contributed by atoms with Gasteiger partial charge in [0.2, 0.25) is 17.7 Å². The molecule has 0 aromatic carbocycles. The molecule has 0 radical (unpaired) electrons. The number of amides is 3. The third-order valence-corrected chi connectivity index (χ3v) is 4.54. The van der Waals surface area contributed by atoms with Crippen molar-refractivity contribution in [3.63, 3.8) is 0 Å². The zero-order valence-electron chi connectivity index (χ0n) is 17.7. The maximum Gasteiger partial charge on any atom is 0.326 e. The van der Waals surface area contributed by atoms with Crippen molar-refractivity contribution in [2.45, 2.75) is 63.7 Å². The summed E-state index contributed by atoms with van der Waals surface area (Å²) in [6.07, 6.45) is -1.69. The van der Waals surface area contributed by atoms with E-state index in [0.29, 0.717) is 0 Å². The van der Waals surface area contributed by atoms with Crippen molar-refractivity contribution in [1.29, 1.82) is 0 Å². The fourth-order valence-corrected chi connectivity index (χ4v) is 2.69. The van der Waals surface area contributed by atoms with Crippen LogP contribution in [0.15, 0.2) is 0 Å². The second-order valence-corrected chi connectivity index (χ2v) is 7.84. The van der Waals surface area contributed by atoms with E-state index in [1.807, 2.05) is 0 Å². The molecule has 182 valence electrons. The number of hydrogen-bond acceptors (Lipinski definition) is 8. The van der Waals surface area contributed by atoms with E-state index in [4.69, 9.17) is 15.9 Å². The van der Waals surface area contributed by atoms with Crippen LogP contribution < -0.4 is 21.7 Å². The molecule has 0 rings (SSSR count). The van der Waals surface area contributed by atoms with Crippen molar-refractivity contribution >= 4 is 48.3 Å². The van der Waals surface area contributed by atoms with Crippen molar-refractivity contribution in [3.8, 4) is 0 Å². The van der Waals surface area contributed by atoms with E-state index >= 15 is 0 Å². The number of carbonyl (C=O) groups is 6. The molecule has 0 aromatic heterocycles. The third kappa shape index (κ3) is 11.5. The molecule has 4 unspecified atom stereocenters. The van der Waals surface area contributed by atoms with Crippen LogP contribution in [0.25, 0.3) is 0 Å². The van der Waals surface area contributed by atoms with Crippen LogP contribution in [-0.4, -0.2) is 80.9 Å². The van der Waals surface area contributed by atoms with Crippen LogP contribution in [0, 0.1) is 5.92 Å². The Labute approximate surface area is 189 Å². The molecule has 0 aliphatic heterocycles. The molecule has 0 aromatic rings. The predicted octanol–water partition coefficient (Wildman–Crippen LogP) is -1.83. The molecule has 32 heavy (non-hydrogen) atoms. The second kappa shape index (κ2) is 14.2. The number of carboxylic acid groups (broad SMARTS) is 3. The zero-order valence-corrected chi connectivity index (χ0v) is 18.6. The van der Waals surface area contributed by atoms with E-state index in [1.165, 1.54) is 0 Å². The lowest BCUT2D eigenvalue weighted by Crippen LogP contribution is -2.57. The van der Waals surface area contributed by atoms with Crippen LogP contribution in [-0.2, 0) is 28.8 Å². The number of rotatable bonds is 15. The quantitative estimate of drug-likeness (QED) is 0.123. The van der Waals surface area contributed by atoms with Gasteiger partial charge in [-0.1, -0.05) is 13.8 Å². The van der Waals surface area contributed by atoms with Gasteiger partial charge in [-0.3, -0.25) is 24.0 Å². The smallest absolute Gasteiger partial charge is 0.326 e. The first-order valence-corrected chi connectivity index (χ1v) is 10.4. The van der Waals surface area contributed by atoms with Crippen molar-refractivity contribution in [2.75, 3.05) is 5.75 Å². The first-order chi connectivity index (χ1) is 14.8. The Morgan fingerprint density at radius 2 is 1.31 bits per heavy atom. The van der Waals surface area contributed by atoms with Crippen molar-refractivity contribution in [1.82, 2.24) is 16.0 Å². The van der Waals surface area contributed by atoms with Crippen LogP contribution in [0.2, 0.25) is 0 Å². The van der Waals surface area contributed by atoms with Crippen LogP contribution in [0.5, 0.6) is 0 Å². The summed E-state index contributed by atoms with van der Waals surface area (Å²) >= 11 is 3.86. The molecule has 0 aliphatic rings. The van der Waals surface area contributed by atoms with E-state index < -0.39 is 72.6 Å². The standard InChI is InChI=1S/C18H30N4O9S/c1-8(2)5-12(18(30)31)22-17(29)11(6-14(25)26)21-16(28)10(3-4-13(23)24)20-15(27)9(19)7-32/h8-12,32H,3-7,19H2,1-2H3,(H,20,27)(H,21,28)(H,22,29)(H,23,24)(H,25,26)(H,30,31). The van der Waals surface area contributed by atoms with Crippen LogP contribution in [0.1, 0.15) is 39.5 Å². The highest BCUT2D eigenvalue weighted by Crippen LogP contribution is 2.07. The number of carbonyl (C=O) groups excluding carboxylic acids is 3. The summed E-state index contributed by atoms with van der Waals surface area (Å²) in [5.41, 5.74) is 5.53. The highest BCUT2D eigenvalue weighted by molar-refractivity contribution is 7.80. The van der Waals surface area contributed by atoms with Gasteiger partial charge in [0.25, 0.3) is 0 Å². The summed E-state index contributed by atoms with van der Waals surface area (Å²) in [5.74, 6) is -7.08. The normalized spacial score (nSPS) is 14.5. The monoisotopic (exact) mass is 478 g/mol. The molecule has 0 fully saturated rings. The number of hydrogen-bond donors (Lipinski definition) is 8. The van der Waals surface area contributed by atoms with E-state index in [-0.39, 0.29) is 24.5 Å². The first-order valence-electron chi connectivity index (χ1n) is 9.72. The van der Waals surface area contributed by atoms with Crippen LogP contribution in [0.3, 0.4) is 0 Å². The summed E-state index contributed by atoms with van der Waals surface area (Å²) in [5, 5.41) is 33.8. The van der Waals surface area contributed by atoms with Crippen molar-refractivity contribution in [3.05, 3.63) is 0 Å². The molecule has 8 N–H and O–H groups in total. The Balaban J connectivity index is 5.53. The molecular weight excluding hydrogens is 448 g/mol. The Kier molecular flexibility index (Phi) is 13.0. The first kappa shape index (κ1) is 29.1. The maximum atomic E-state index is 12.6. The molecular formula is C18H30N4O9S. The van der Waals surface area contributed by atoms with Gasteiger partial charge in [-0.15, -0.1) is 0 Å². The van der Waals surface area contributed by atoms with Gasteiger partial charge in [-0.2, -0.15) is 12.6 Å².